The molecule has 0 aromatic carbocycles. The first-order chi connectivity index (χ1) is 10.5. The summed E-state index contributed by atoms with van der Waals surface area (Å²) in [6.45, 7) is 5.85. The summed E-state index contributed by atoms with van der Waals surface area (Å²) in [5, 5.41) is 0. The first-order valence-corrected chi connectivity index (χ1v) is 7.88. The summed E-state index contributed by atoms with van der Waals surface area (Å²) in [5.74, 6) is 1.69. The number of morpholine rings is 1. The summed E-state index contributed by atoms with van der Waals surface area (Å²) >= 11 is 0. The summed E-state index contributed by atoms with van der Waals surface area (Å²) < 4.78 is 17.0. The van der Waals surface area contributed by atoms with E-state index >= 15 is 0 Å². The number of methoxy groups -OCH3 is 2. The molecular weight excluding hydrogens is 282 g/mol. The minimum atomic E-state index is -0.220. The molecule has 0 unspecified atom stereocenters. The van der Waals surface area contributed by atoms with Crippen molar-refractivity contribution in [1.82, 2.24) is 9.97 Å². The minimum absolute atomic E-state index is 0.0680. The van der Waals surface area contributed by atoms with E-state index in [1.165, 1.54) is 12.8 Å². The quantitative estimate of drug-likeness (QED) is 0.855. The number of rotatable bonds is 3. The van der Waals surface area contributed by atoms with Gasteiger partial charge in [-0.3, -0.25) is 0 Å². The third-order valence-electron chi connectivity index (χ3n) is 4.43. The van der Waals surface area contributed by atoms with Crippen LogP contribution in [0.15, 0.2) is 6.07 Å². The molecule has 1 saturated heterocycles. The van der Waals surface area contributed by atoms with Crippen molar-refractivity contribution in [2.75, 3.05) is 32.2 Å². The number of ether oxygens (including phenoxy) is 3. The highest BCUT2D eigenvalue weighted by molar-refractivity contribution is 5.39. The van der Waals surface area contributed by atoms with Crippen LogP contribution in [0.2, 0.25) is 0 Å². The molecule has 2 fully saturated rings. The van der Waals surface area contributed by atoms with E-state index in [-0.39, 0.29) is 11.2 Å². The first-order valence-electron chi connectivity index (χ1n) is 7.88. The van der Waals surface area contributed by atoms with Crippen LogP contribution in [0, 0.1) is 0 Å². The van der Waals surface area contributed by atoms with Gasteiger partial charge in [0.05, 0.1) is 38.0 Å². The van der Waals surface area contributed by atoms with Crippen molar-refractivity contribution in [3.05, 3.63) is 6.07 Å². The predicted octanol–water partition coefficient (Wildman–Crippen LogP) is 2.42. The maximum Gasteiger partial charge on any atom is 0.232 e. The smallest absolute Gasteiger partial charge is 0.232 e. The molecule has 3 rings (SSSR count). The SMILES string of the molecule is COc1cc(OC)nc(N2CC(C)(C)OC3(CCCC3)C2)n1. The zero-order chi connectivity index (χ0) is 15.8. The molecule has 6 nitrogen and oxygen atoms in total. The Kier molecular flexibility index (Phi) is 3.89. The van der Waals surface area contributed by atoms with E-state index in [1.807, 2.05) is 0 Å². The summed E-state index contributed by atoms with van der Waals surface area (Å²) in [5.41, 5.74) is -0.288. The third-order valence-corrected chi connectivity index (χ3v) is 4.43. The van der Waals surface area contributed by atoms with Gasteiger partial charge in [0.25, 0.3) is 0 Å². The Hall–Kier alpha value is -1.56. The molecule has 1 aliphatic carbocycles. The van der Waals surface area contributed by atoms with Crippen LogP contribution < -0.4 is 14.4 Å². The Morgan fingerprint density at radius 2 is 1.64 bits per heavy atom. The number of nitrogens with zero attached hydrogens (tertiary/aromatic N) is 3. The van der Waals surface area contributed by atoms with Crippen molar-refractivity contribution in [3.63, 3.8) is 0 Å². The van der Waals surface area contributed by atoms with Crippen molar-refractivity contribution >= 4 is 5.95 Å². The lowest BCUT2D eigenvalue weighted by Gasteiger charge is -2.48. The minimum Gasteiger partial charge on any atom is -0.481 e. The van der Waals surface area contributed by atoms with Gasteiger partial charge in [0, 0.05) is 6.54 Å². The Morgan fingerprint density at radius 1 is 1.05 bits per heavy atom. The van der Waals surface area contributed by atoms with Gasteiger partial charge in [-0.2, -0.15) is 9.97 Å². The molecule has 1 spiro atoms. The highest BCUT2D eigenvalue weighted by Crippen LogP contribution is 2.41. The molecule has 0 amide bonds. The Bertz CT molecular complexity index is 519. The van der Waals surface area contributed by atoms with E-state index in [2.05, 4.69) is 28.7 Å². The van der Waals surface area contributed by atoms with Crippen LogP contribution in [-0.2, 0) is 4.74 Å². The van der Waals surface area contributed by atoms with Crippen molar-refractivity contribution in [2.45, 2.75) is 50.7 Å². The zero-order valence-electron chi connectivity index (χ0n) is 13.9. The molecule has 22 heavy (non-hydrogen) atoms. The normalized spacial score (nSPS) is 22.8. The fraction of sp³-hybridized carbons (Fsp3) is 0.750. The van der Waals surface area contributed by atoms with Gasteiger partial charge in [-0.15, -0.1) is 0 Å². The van der Waals surface area contributed by atoms with Crippen LogP contribution in [0.5, 0.6) is 11.8 Å². The molecule has 0 bridgehead atoms. The summed E-state index contributed by atoms with van der Waals surface area (Å²) in [6, 6.07) is 1.69. The van der Waals surface area contributed by atoms with Crippen LogP contribution in [0.25, 0.3) is 0 Å². The standard InChI is InChI=1S/C16H25N3O3/c1-15(2)10-19(11-16(22-15)7-5-6-8-16)14-17-12(20-3)9-13(18-14)21-4/h9H,5-8,10-11H2,1-4H3. The fourth-order valence-electron chi connectivity index (χ4n) is 3.68. The molecule has 122 valence electrons. The average Bonchev–Trinajstić information content (AvgIpc) is 2.92. The van der Waals surface area contributed by atoms with Gasteiger partial charge in [-0.25, -0.2) is 0 Å². The van der Waals surface area contributed by atoms with Gasteiger partial charge < -0.3 is 19.1 Å². The van der Waals surface area contributed by atoms with Gasteiger partial charge in [-0.1, -0.05) is 12.8 Å². The number of anilines is 1. The van der Waals surface area contributed by atoms with E-state index in [9.17, 15) is 0 Å². The maximum atomic E-state index is 6.43. The summed E-state index contributed by atoms with van der Waals surface area (Å²) in [4.78, 5) is 11.2. The number of aromatic nitrogens is 2. The Morgan fingerprint density at radius 3 is 2.18 bits per heavy atom. The van der Waals surface area contributed by atoms with Crippen molar-refractivity contribution in [1.29, 1.82) is 0 Å². The first kappa shape index (κ1) is 15.3. The second-order valence-electron chi connectivity index (χ2n) is 6.86. The predicted molar refractivity (Wildman–Crippen MR) is 83.7 cm³/mol. The molecule has 2 heterocycles. The lowest BCUT2D eigenvalue weighted by molar-refractivity contribution is -0.148. The lowest BCUT2D eigenvalue weighted by Crippen LogP contribution is -2.59. The highest BCUT2D eigenvalue weighted by Gasteiger charge is 2.46. The molecule has 1 aromatic heterocycles. The second kappa shape index (κ2) is 5.57. The van der Waals surface area contributed by atoms with Crippen molar-refractivity contribution in [2.24, 2.45) is 0 Å². The number of hydrogen-bond donors (Lipinski definition) is 0. The van der Waals surface area contributed by atoms with Gasteiger partial charge in [0.15, 0.2) is 0 Å². The van der Waals surface area contributed by atoms with Gasteiger partial charge in [0.2, 0.25) is 17.7 Å². The molecule has 0 N–H and O–H groups in total. The molecule has 1 aromatic rings. The highest BCUT2D eigenvalue weighted by atomic mass is 16.5. The summed E-state index contributed by atoms with van der Waals surface area (Å²) in [6.07, 6.45) is 4.67. The average molecular weight is 307 g/mol. The number of hydrogen-bond acceptors (Lipinski definition) is 6. The maximum absolute atomic E-state index is 6.43. The Balaban J connectivity index is 1.92. The second-order valence-corrected chi connectivity index (χ2v) is 6.86. The van der Waals surface area contributed by atoms with E-state index < -0.39 is 0 Å². The monoisotopic (exact) mass is 307 g/mol. The van der Waals surface area contributed by atoms with E-state index in [4.69, 9.17) is 14.2 Å². The largest absolute Gasteiger partial charge is 0.481 e. The van der Waals surface area contributed by atoms with Crippen LogP contribution >= 0.6 is 0 Å². The molecule has 1 saturated carbocycles. The van der Waals surface area contributed by atoms with Gasteiger partial charge in [-0.05, 0) is 26.7 Å². The van der Waals surface area contributed by atoms with Gasteiger partial charge in [0.1, 0.15) is 0 Å². The lowest BCUT2D eigenvalue weighted by atomic mass is 9.94. The Labute approximate surface area is 131 Å². The molecular formula is C16H25N3O3. The molecule has 1 aliphatic heterocycles. The molecule has 0 radical (unpaired) electrons. The summed E-state index contributed by atoms with van der Waals surface area (Å²) in [7, 11) is 3.21. The van der Waals surface area contributed by atoms with Gasteiger partial charge >= 0.3 is 0 Å². The van der Waals surface area contributed by atoms with Crippen LogP contribution in [0.1, 0.15) is 39.5 Å². The molecule has 2 aliphatic rings. The van der Waals surface area contributed by atoms with Crippen LogP contribution in [-0.4, -0.2) is 48.5 Å². The topological polar surface area (TPSA) is 56.7 Å². The van der Waals surface area contributed by atoms with E-state index in [1.54, 1.807) is 20.3 Å². The molecule has 6 heteroatoms. The third kappa shape index (κ3) is 2.97. The fourth-order valence-corrected chi connectivity index (χ4v) is 3.68. The van der Waals surface area contributed by atoms with E-state index in [0.717, 1.165) is 25.9 Å². The van der Waals surface area contributed by atoms with Crippen LogP contribution in [0.3, 0.4) is 0 Å². The molecule has 0 atom stereocenters. The van der Waals surface area contributed by atoms with Crippen LogP contribution in [0.4, 0.5) is 5.95 Å². The van der Waals surface area contributed by atoms with Crippen molar-refractivity contribution < 1.29 is 14.2 Å². The van der Waals surface area contributed by atoms with E-state index in [0.29, 0.717) is 17.7 Å². The zero-order valence-corrected chi connectivity index (χ0v) is 13.9. The van der Waals surface area contributed by atoms with Crippen molar-refractivity contribution in [3.8, 4) is 11.8 Å².